The first-order chi connectivity index (χ1) is 12.6. The minimum absolute atomic E-state index is 0.0685. The van der Waals surface area contributed by atoms with E-state index in [1.165, 1.54) is 4.88 Å². The van der Waals surface area contributed by atoms with Crippen molar-refractivity contribution in [3.05, 3.63) is 64.6 Å². The number of carbonyl (C=O) groups excluding carboxylic acids is 1. The van der Waals surface area contributed by atoms with Gasteiger partial charge in [-0.2, -0.15) is 0 Å². The standard InChI is InChI=1S/C19H22N4OS2/c1-22(2)16(17-8-5-11-26-17)13-21-18(24)14-6-4-7-15(12-14)23-10-9-20-19(23)25-3/h4-12,16H,13H2,1-3H3,(H,21,24). The summed E-state index contributed by atoms with van der Waals surface area (Å²) in [5.41, 5.74) is 1.58. The average Bonchev–Trinajstić information content (AvgIpc) is 3.33. The molecule has 3 rings (SSSR count). The zero-order valence-electron chi connectivity index (χ0n) is 15.0. The van der Waals surface area contributed by atoms with Crippen LogP contribution < -0.4 is 5.32 Å². The molecule has 0 fully saturated rings. The molecule has 0 radical (unpaired) electrons. The van der Waals surface area contributed by atoms with Gasteiger partial charge in [0.15, 0.2) is 5.16 Å². The second kappa shape index (κ2) is 8.53. The lowest BCUT2D eigenvalue weighted by molar-refractivity contribution is 0.0942. The van der Waals surface area contributed by atoms with Gasteiger partial charge in [0.25, 0.3) is 5.91 Å². The van der Waals surface area contributed by atoms with Crippen molar-refractivity contribution in [2.75, 3.05) is 26.9 Å². The number of thioether (sulfide) groups is 1. The van der Waals surface area contributed by atoms with E-state index in [1.807, 2.05) is 61.4 Å². The summed E-state index contributed by atoms with van der Waals surface area (Å²) in [6.07, 6.45) is 5.66. The summed E-state index contributed by atoms with van der Waals surface area (Å²) in [6.45, 7) is 0.567. The number of likely N-dealkylation sites (N-methyl/N-ethyl adjacent to an activating group) is 1. The van der Waals surface area contributed by atoms with E-state index >= 15 is 0 Å². The lowest BCUT2D eigenvalue weighted by atomic mass is 10.1. The highest BCUT2D eigenvalue weighted by Crippen LogP contribution is 2.23. The highest BCUT2D eigenvalue weighted by molar-refractivity contribution is 7.98. The number of thiophene rings is 1. The predicted octanol–water partition coefficient (Wildman–Crippen LogP) is 3.69. The maximum Gasteiger partial charge on any atom is 0.251 e. The lowest BCUT2D eigenvalue weighted by Gasteiger charge is -2.23. The van der Waals surface area contributed by atoms with Gasteiger partial charge in [0, 0.05) is 35.1 Å². The molecule has 1 atom stereocenters. The first-order valence-electron chi connectivity index (χ1n) is 8.26. The van der Waals surface area contributed by atoms with Crippen molar-refractivity contribution in [2.24, 2.45) is 0 Å². The Morgan fingerprint density at radius 2 is 2.19 bits per heavy atom. The SMILES string of the molecule is CSc1nccn1-c1cccc(C(=O)NCC(c2cccs2)N(C)C)c1. The zero-order chi connectivity index (χ0) is 18.5. The van der Waals surface area contributed by atoms with E-state index in [2.05, 4.69) is 26.6 Å². The molecule has 7 heteroatoms. The molecule has 0 bridgehead atoms. The van der Waals surface area contributed by atoms with Crippen molar-refractivity contribution in [3.8, 4) is 5.69 Å². The Labute approximate surface area is 162 Å². The third-order valence-electron chi connectivity index (χ3n) is 4.13. The number of hydrogen-bond acceptors (Lipinski definition) is 5. The molecule has 1 amide bonds. The fraction of sp³-hybridized carbons (Fsp3) is 0.263. The largest absolute Gasteiger partial charge is 0.350 e. The number of nitrogens with one attached hydrogen (secondary N) is 1. The summed E-state index contributed by atoms with van der Waals surface area (Å²) < 4.78 is 1.98. The van der Waals surface area contributed by atoms with Gasteiger partial charge in [-0.25, -0.2) is 4.98 Å². The predicted molar refractivity (Wildman–Crippen MR) is 108 cm³/mol. The molecular formula is C19H22N4OS2. The first-order valence-corrected chi connectivity index (χ1v) is 10.4. The molecule has 0 saturated carbocycles. The van der Waals surface area contributed by atoms with E-state index < -0.39 is 0 Å². The molecule has 26 heavy (non-hydrogen) atoms. The topological polar surface area (TPSA) is 50.2 Å². The minimum Gasteiger partial charge on any atom is -0.350 e. The zero-order valence-corrected chi connectivity index (χ0v) is 16.7. The second-order valence-electron chi connectivity index (χ2n) is 6.04. The van der Waals surface area contributed by atoms with Crippen LogP contribution in [0, 0.1) is 0 Å². The molecule has 1 N–H and O–H groups in total. The van der Waals surface area contributed by atoms with Crippen molar-refractivity contribution < 1.29 is 4.79 Å². The van der Waals surface area contributed by atoms with Crippen molar-refractivity contribution in [1.29, 1.82) is 0 Å². The first kappa shape index (κ1) is 18.7. The molecule has 2 heterocycles. The summed E-state index contributed by atoms with van der Waals surface area (Å²) in [4.78, 5) is 20.3. The number of benzene rings is 1. The minimum atomic E-state index is -0.0685. The Morgan fingerprint density at radius 3 is 2.88 bits per heavy atom. The van der Waals surface area contributed by atoms with E-state index in [0.29, 0.717) is 12.1 Å². The second-order valence-corrected chi connectivity index (χ2v) is 7.79. The molecule has 0 saturated heterocycles. The fourth-order valence-corrected chi connectivity index (χ4v) is 4.20. The van der Waals surface area contributed by atoms with Crippen LogP contribution in [0.2, 0.25) is 0 Å². The quantitative estimate of drug-likeness (QED) is 0.629. The van der Waals surface area contributed by atoms with Crippen LogP contribution in [0.3, 0.4) is 0 Å². The highest BCUT2D eigenvalue weighted by atomic mass is 32.2. The van der Waals surface area contributed by atoms with Crippen molar-refractivity contribution in [2.45, 2.75) is 11.2 Å². The Morgan fingerprint density at radius 1 is 1.35 bits per heavy atom. The molecule has 1 aromatic carbocycles. The molecular weight excluding hydrogens is 364 g/mol. The van der Waals surface area contributed by atoms with Gasteiger partial charge >= 0.3 is 0 Å². The molecule has 0 spiro atoms. The van der Waals surface area contributed by atoms with E-state index in [0.717, 1.165) is 10.8 Å². The van der Waals surface area contributed by atoms with Crippen LogP contribution >= 0.6 is 23.1 Å². The molecule has 3 aromatic rings. The molecule has 5 nitrogen and oxygen atoms in total. The van der Waals surface area contributed by atoms with Gasteiger partial charge in [0.2, 0.25) is 0 Å². The van der Waals surface area contributed by atoms with Crippen molar-refractivity contribution >= 4 is 29.0 Å². The number of carbonyl (C=O) groups is 1. The van der Waals surface area contributed by atoms with Gasteiger partial charge in [-0.3, -0.25) is 9.36 Å². The fourth-order valence-electron chi connectivity index (χ4n) is 2.74. The van der Waals surface area contributed by atoms with Crippen LogP contribution in [-0.2, 0) is 0 Å². The number of amides is 1. The van der Waals surface area contributed by atoms with E-state index in [1.54, 1.807) is 29.3 Å². The summed E-state index contributed by atoms with van der Waals surface area (Å²) in [5.74, 6) is -0.0685. The van der Waals surface area contributed by atoms with E-state index in [4.69, 9.17) is 0 Å². The Balaban J connectivity index is 1.73. The summed E-state index contributed by atoms with van der Waals surface area (Å²) in [6, 6.07) is 11.9. The lowest BCUT2D eigenvalue weighted by Crippen LogP contribution is -2.34. The van der Waals surface area contributed by atoms with Gasteiger partial charge < -0.3 is 10.2 Å². The van der Waals surface area contributed by atoms with Crippen molar-refractivity contribution in [3.63, 3.8) is 0 Å². The van der Waals surface area contributed by atoms with Crippen molar-refractivity contribution in [1.82, 2.24) is 19.8 Å². The smallest absolute Gasteiger partial charge is 0.251 e. The Bertz CT molecular complexity index is 858. The van der Waals surface area contributed by atoms with E-state index in [-0.39, 0.29) is 11.9 Å². The van der Waals surface area contributed by atoms with Crippen LogP contribution in [0.5, 0.6) is 0 Å². The van der Waals surface area contributed by atoms with Crippen LogP contribution in [0.15, 0.2) is 59.3 Å². The van der Waals surface area contributed by atoms with Crippen LogP contribution in [-0.4, -0.2) is 47.3 Å². The summed E-state index contributed by atoms with van der Waals surface area (Å²) >= 11 is 3.28. The maximum absolute atomic E-state index is 12.7. The normalized spacial score (nSPS) is 12.3. The molecule has 136 valence electrons. The van der Waals surface area contributed by atoms with Gasteiger partial charge in [0.1, 0.15) is 0 Å². The summed E-state index contributed by atoms with van der Waals surface area (Å²) in [5, 5.41) is 6.02. The number of rotatable bonds is 7. The van der Waals surface area contributed by atoms with E-state index in [9.17, 15) is 4.79 Å². The number of aromatic nitrogens is 2. The number of nitrogens with zero attached hydrogens (tertiary/aromatic N) is 3. The third-order valence-corrected chi connectivity index (χ3v) is 5.77. The maximum atomic E-state index is 12.7. The average molecular weight is 387 g/mol. The number of imidazole rings is 1. The summed E-state index contributed by atoms with van der Waals surface area (Å²) in [7, 11) is 4.06. The van der Waals surface area contributed by atoms with Gasteiger partial charge in [-0.05, 0) is 50.0 Å². The number of hydrogen-bond donors (Lipinski definition) is 1. The molecule has 2 aromatic heterocycles. The van der Waals surface area contributed by atoms with Gasteiger partial charge in [0.05, 0.1) is 6.04 Å². The Kier molecular flexibility index (Phi) is 6.13. The van der Waals surface area contributed by atoms with Gasteiger partial charge in [-0.15, -0.1) is 11.3 Å². The molecule has 0 aliphatic carbocycles. The van der Waals surface area contributed by atoms with Crippen LogP contribution in [0.25, 0.3) is 5.69 Å². The Hall–Kier alpha value is -2.09. The monoisotopic (exact) mass is 386 g/mol. The molecule has 0 aliphatic heterocycles. The highest BCUT2D eigenvalue weighted by Gasteiger charge is 2.17. The third kappa shape index (κ3) is 4.17. The molecule has 1 unspecified atom stereocenters. The molecule has 0 aliphatic rings. The van der Waals surface area contributed by atoms with Crippen LogP contribution in [0.1, 0.15) is 21.3 Å². The van der Waals surface area contributed by atoms with Crippen LogP contribution in [0.4, 0.5) is 0 Å². The van der Waals surface area contributed by atoms with Gasteiger partial charge in [-0.1, -0.05) is 23.9 Å².